The van der Waals surface area contributed by atoms with Crippen LogP contribution in [0.1, 0.15) is 39.7 Å². The maximum atomic E-state index is 12.2. The highest BCUT2D eigenvalue weighted by atomic mass is 35.5. The number of amides is 1. The summed E-state index contributed by atoms with van der Waals surface area (Å²) in [5.41, 5.74) is 2.44. The van der Waals surface area contributed by atoms with Gasteiger partial charge in [-0.15, -0.1) is 0 Å². The Kier molecular flexibility index (Phi) is 5.88. The number of hydrogen-bond donors (Lipinski definition) is 1. The molecule has 2 aromatic rings. The third-order valence-electron chi connectivity index (χ3n) is 5.24. The molecular weight excluding hydrogens is 406 g/mol. The van der Waals surface area contributed by atoms with E-state index in [1.807, 2.05) is 43.9 Å². The number of halogens is 1. The molecule has 1 amide bonds. The number of anilines is 1. The number of pyridine rings is 1. The molecule has 0 saturated carbocycles. The molecule has 4 rings (SSSR count). The van der Waals surface area contributed by atoms with E-state index in [-0.39, 0.29) is 12.1 Å². The summed E-state index contributed by atoms with van der Waals surface area (Å²) >= 11 is 6.24. The second-order valence-electron chi connectivity index (χ2n) is 8.86. The smallest absolute Gasteiger partial charge is 0.407 e. The van der Waals surface area contributed by atoms with Gasteiger partial charge in [0.1, 0.15) is 10.8 Å². The SMILES string of the molecule is CC(C)(C)OC(=O)N[C@H]1CCCN(c2cc(Cl)ncc2-c2cnn(C3COC3)c2)C1. The van der Waals surface area contributed by atoms with E-state index >= 15 is 0 Å². The second kappa shape index (κ2) is 8.43. The summed E-state index contributed by atoms with van der Waals surface area (Å²) in [5, 5.41) is 7.94. The van der Waals surface area contributed by atoms with Crippen molar-refractivity contribution >= 4 is 23.4 Å². The summed E-state index contributed by atoms with van der Waals surface area (Å²) in [6.07, 6.45) is 7.16. The van der Waals surface area contributed by atoms with Crippen molar-refractivity contribution in [1.82, 2.24) is 20.1 Å². The summed E-state index contributed by atoms with van der Waals surface area (Å²) in [5.74, 6) is 0. The molecule has 9 heteroatoms. The molecule has 0 aliphatic carbocycles. The van der Waals surface area contributed by atoms with E-state index in [0.29, 0.717) is 31.0 Å². The standard InChI is InChI=1S/C21H28ClN5O3/c1-21(2,3)30-20(28)25-15-5-4-6-26(11-15)18-7-19(22)23-9-17(18)14-8-24-27(10-14)16-12-29-13-16/h7-10,15-16H,4-6,11-13H2,1-3H3,(H,25,28)/t15-/m0/s1. The largest absolute Gasteiger partial charge is 0.444 e. The Morgan fingerprint density at radius 2 is 2.13 bits per heavy atom. The van der Waals surface area contributed by atoms with Crippen LogP contribution in [0, 0.1) is 0 Å². The van der Waals surface area contributed by atoms with Crippen molar-refractivity contribution in [3.05, 3.63) is 29.8 Å². The normalized spacial score (nSPS) is 20.0. The van der Waals surface area contributed by atoms with E-state index in [4.69, 9.17) is 21.1 Å². The Morgan fingerprint density at radius 1 is 1.33 bits per heavy atom. The molecule has 0 spiro atoms. The zero-order chi connectivity index (χ0) is 21.3. The van der Waals surface area contributed by atoms with Gasteiger partial charge in [0.15, 0.2) is 0 Å². The van der Waals surface area contributed by atoms with Crippen LogP contribution in [-0.2, 0) is 9.47 Å². The molecule has 30 heavy (non-hydrogen) atoms. The van der Waals surface area contributed by atoms with Crippen LogP contribution >= 0.6 is 11.6 Å². The number of ether oxygens (including phenoxy) is 2. The average molecular weight is 434 g/mol. The highest BCUT2D eigenvalue weighted by Gasteiger charge is 2.27. The van der Waals surface area contributed by atoms with Crippen LogP contribution in [0.4, 0.5) is 10.5 Å². The molecule has 8 nitrogen and oxygen atoms in total. The van der Waals surface area contributed by atoms with Crippen LogP contribution in [0.2, 0.25) is 5.15 Å². The first-order valence-electron chi connectivity index (χ1n) is 10.3. The van der Waals surface area contributed by atoms with Crippen molar-refractivity contribution in [3.63, 3.8) is 0 Å². The summed E-state index contributed by atoms with van der Waals surface area (Å²) in [6.45, 7) is 8.53. The number of nitrogens with zero attached hydrogens (tertiary/aromatic N) is 4. The minimum Gasteiger partial charge on any atom is -0.444 e. The third kappa shape index (κ3) is 4.87. The van der Waals surface area contributed by atoms with Gasteiger partial charge >= 0.3 is 6.09 Å². The van der Waals surface area contributed by atoms with Crippen molar-refractivity contribution in [2.24, 2.45) is 0 Å². The minimum atomic E-state index is -0.518. The molecule has 1 atom stereocenters. The monoisotopic (exact) mass is 433 g/mol. The third-order valence-corrected chi connectivity index (χ3v) is 5.45. The molecule has 2 fully saturated rings. The van der Waals surface area contributed by atoms with Crippen molar-refractivity contribution in [2.75, 3.05) is 31.2 Å². The Balaban J connectivity index is 1.52. The lowest BCUT2D eigenvalue weighted by molar-refractivity contribution is -0.0286. The van der Waals surface area contributed by atoms with Gasteiger partial charge in [-0.05, 0) is 39.7 Å². The van der Waals surface area contributed by atoms with E-state index in [0.717, 1.165) is 36.2 Å². The summed E-state index contributed by atoms with van der Waals surface area (Å²) in [7, 11) is 0. The molecule has 2 aliphatic rings. The molecule has 2 saturated heterocycles. The van der Waals surface area contributed by atoms with Crippen LogP contribution in [-0.4, -0.2) is 58.8 Å². The summed E-state index contributed by atoms with van der Waals surface area (Å²) in [6, 6.07) is 2.18. The maximum absolute atomic E-state index is 12.2. The molecule has 1 N–H and O–H groups in total. The van der Waals surface area contributed by atoms with Crippen LogP contribution in [0.5, 0.6) is 0 Å². The number of hydrogen-bond acceptors (Lipinski definition) is 6. The van der Waals surface area contributed by atoms with Gasteiger partial charge in [-0.1, -0.05) is 11.6 Å². The lowest BCUT2D eigenvalue weighted by Crippen LogP contribution is -2.49. The quantitative estimate of drug-likeness (QED) is 0.741. The number of aromatic nitrogens is 3. The maximum Gasteiger partial charge on any atom is 0.407 e. The zero-order valence-electron chi connectivity index (χ0n) is 17.6. The van der Waals surface area contributed by atoms with Gasteiger partial charge in [0, 0.05) is 48.3 Å². The first kappa shape index (κ1) is 20.9. The van der Waals surface area contributed by atoms with Gasteiger partial charge in [-0.25, -0.2) is 9.78 Å². The first-order valence-corrected chi connectivity index (χ1v) is 10.7. The molecule has 162 valence electrons. The average Bonchev–Trinajstić information content (AvgIpc) is 3.08. The fourth-order valence-corrected chi connectivity index (χ4v) is 3.90. The fraction of sp³-hybridized carbons (Fsp3) is 0.571. The lowest BCUT2D eigenvalue weighted by atomic mass is 10.0. The van der Waals surface area contributed by atoms with E-state index in [1.165, 1.54) is 0 Å². The Labute approximate surface area is 181 Å². The van der Waals surface area contributed by atoms with Gasteiger partial charge in [-0.2, -0.15) is 5.10 Å². The van der Waals surface area contributed by atoms with Gasteiger partial charge in [0.25, 0.3) is 0 Å². The molecule has 4 heterocycles. The molecule has 2 aliphatic heterocycles. The van der Waals surface area contributed by atoms with E-state index in [9.17, 15) is 4.79 Å². The van der Waals surface area contributed by atoms with Crippen molar-refractivity contribution < 1.29 is 14.3 Å². The van der Waals surface area contributed by atoms with E-state index in [1.54, 1.807) is 6.20 Å². The van der Waals surface area contributed by atoms with Crippen LogP contribution < -0.4 is 10.2 Å². The van der Waals surface area contributed by atoms with Gasteiger partial charge in [0.05, 0.1) is 25.5 Å². The van der Waals surface area contributed by atoms with Gasteiger partial charge in [0.2, 0.25) is 0 Å². The number of carbonyl (C=O) groups is 1. The molecule has 0 bridgehead atoms. The molecule has 0 radical (unpaired) electrons. The van der Waals surface area contributed by atoms with Crippen molar-refractivity contribution in [1.29, 1.82) is 0 Å². The highest BCUT2D eigenvalue weighted by Crippen LogP contribution is 2.34. The van der Waals surface area contributed by atoms with Crippen LogP contribution in [0.15, 0.2) is 24.7 Å². The zero-order valence-corrected chi connectivity index (χ0v) is 18.4. The van der Waals surface area contributed by atoms with E-state index in [2.05, 4.69) is 20.3 Å². The predicted octanol–water partition coefficient (Wildman–Crippen LogP) is 3.66. The van der Waals surface area contributed by atoms with Crippen molar-refractivity contribution in [3.8, 4) is 11.1 Å². The minimum absolute atomic E-state index is 0.00300. The van der Waals surface area contributed by atoms with Gasteiger partial charge in [-0.3, -0.25) is 4.68 Å². The molecule has 0 unspecified atom stereocenters. The number of piperidine rings is 1. The molecule has 0 aromatic carbocycles. The predicted molar refractivity (Wildman–Crippen MR) is 115 cm³/mol. The number of carbonyl (C=O) groups excluding carboxylic acids is 1. The highest BCUT2D eigenvalue weighted by molar-refractivity contribution is 6.29. The molecular formula is C21H28ClN5O3. The van der Waals surface area contributed by atoms with Crippen molar-refractivity contribution in [2.45, 2.75) is 51.3 Å². The molecule has 2 aromatic heterocycles. The fourth-order valence-electron chi connectivity index (χ4n) is 3.75. The van der Waals surface area contributed by atoms with Crippen LogP contribution in [0.3, 0.4) is 0 Å². The Bertz CT molecular complexity index is 906. The number of alkyl carbamates (subject to hydrolysis) is 1. The number of nitrogens with one attached hydrogen (secondary N) is 1. The van der Waals surface area contributed by atoms with Crippen LogP contribution in [0.25, 0.3) is 11.1 Å². The Morgan fingerprint density at radius 3 is 2.83 bits per heavy atom. The number of rotatable bonds is 4. The Hall–Kier alpha value is -2.32. The summed E-state index contributed by atoms with van der Waals surface area (Å²) < 4.78 is 12.6. The second-order valence-corrected chi connectivity index (χ2v) is 9.24. The topological polar surface area (TPSA) is 81.5 Å². The van der Waals surface area contributed by atoms with E-state index < -0.39 is 5.60 Å². The first-order chi connectivity index (χ1) is 14.3. The van der Waals surface area contributed by atoms with Gasteiger partial charge < -0.3 is 19.7 Å². The lowest BCUT2D eigenvalue weighted by Gasteiger charge is -2.36. The summed E-state index contributed by atoms with van der Waals surface area (Å²) in [4.78, 5) is 18.8.